The van der Waals surface area contributed by atoms with Crippen molar-refractivity contribution in [2.75, 3.05) is 11.4 Å². The highest BCUT2D eigenvalue weighted by Gasteiger charge is 2.24. The first kappa shape index (κ1) is 23.4. The number of rotatable bonds is 4. The summed E-state index contributed by atoms with van der Waals surface area (Å²) in [7, 11) is 0. The molecular formula is C24H34N2O2. The van der Waals surface area contributed by atoms with Crippen LogP contribution >= 0.6 is 0 Å². The Bertz CT molecular complexity index is 804. The second-order valence-corrected chi connectivity index (χ2v) is 7.54. The molecule has 0 N–H and O–H groups in total. The Balaban J connectivity index is 0.00000190. The minimum absolute atomic E-state index is 0.368. The Kier molecular flexibility index (Phi) is 8.90. The summed E-state index contributed by atoms with van der Waals surface area (Å²) < 4.78 is 5.60. The molecule has 1 amide bonds. The SMILES string of the molecule is CC.CC(CN(C(=O)OC(C)(C)C)c1cccc(C)c1)=Nc1ccccc1C. The molecule has 152 valence electrons. The van der Waals surface area contributed by atoms with Crippen LogP contribution in [0.15, 0.2) is 53.5 Å². The Labute approximate surface area is 170 Å². The average Bonchev–Trinajstić information content (AvgIpc) is 2.62. The summed E-state index contributed by atoms with van der Waals surface area (Å²) in [5.41, 5.74) is 4.19. The maximum atomic E-state index is 12.8. The number of anilines is 1. The van der Waals surface area contributed by atoms with E-state index in [1.165, 1.54) is 0 Å². The molecule has 0 saturated heterocycles. The number of nitrogens with zero attached hydrogens (tertiary/aromatic N) is 2. The number of carbonyl (C=O) groups excluding carboxylic acids is 1. The third-order valence-corrected chi connectivity index (χ3v) is 3.74. The second kappa shape index (κ2) is 10.6. The summed E-state index contributed by atoms with van der Waals surface area (Å²) in [6, 6.07) is 15.8. The lowest BCUT2D eigenvalue weighted by atomic mass is 10.2. The molecule has 4 heteroatoms. The molecule has 2 aromatic carbocycles. The van der Waals surface area contributed by atoms with E-state index in [-0.39, 0.29) is 6.09 Å². The molecule has 0 aliphatic carbocycles. The third-order valence-electron chi connectivity index (χ3n) is 3.74. The summed E-state index contributed by atoms with van der Waals surface area (Å²) in [5.74, 6) is 0. The predicted molar refractivity (Wildman–Crippen MR) is 120 cm³/mol. The van der Waals surface area contributed by atoms with Crippen molar-refractivity contribution in [2.24, 2.45) is 4.99 Å². The summed E-state index contributed by atoms with van der Waals surface area (Å²) in [6.07, 6.45) is -0.373. The summed E-state index contributed by atoms with van der Waals surface area (Å²) in [4.78, 5) is 19.1. The molecule has 0 unspecified atom stereocenters. The van der Waals surface area contributed by atoms with E-state index >= 15 is 0 Å². The lowest BCUT2D eigenvalue weighted by Crippen LogP contribution is -2.39. The van der Waals surface area contributed by atoms with Gasteiger partial charge in [-0.1, -0.05) is 44.2 Å². The highest BCUT2D eigenvalue weighted by Crippen LogP contribution is 2.21. The molecule has 0 radical (unpaired) electrons. The van der Waals surface area contributed by atoms with E-state index in [0.29, 0.717) is 6.54 Å². The number of hydrogen-bond acceptors (Lipinski definition) is 3. The lowest BCUT2D eigenvalue weighted by molar-refractivity contribution is 0.0585. The standard InChI is InChI=1S/C22H28N2O2.C2H6/c1-16-10-9-12-19(14-16)24(21(25)26-22(4,5)6)15-18(3)23-20-13-8-7-11-17(20)2;1-2/h7-14H,15H2,1-6H3;1-2H3. The van der Waals surface area contributed by atoms with E-state index in [0.717, 1.165) is 28.2 Å². The van der Waals surface area contributed by atoms with Gasteiger partial charge in [-0.2, -0.15) is 0 Å². The monoisotopic (exact) mass is 382 g/mol. The van der Waals surface area contributed by atoms with Gasteiger partial charge in [0, 0.05) is 11.4 Å². The van der Waals surface area contributed by atoms with Crippen LogP contribution in [0, 0.1) is 13.8 Å². The van der Waals surface area contributed by atoms with Crippen LogP contribution in [0.4, 0.5) is 16.2 Å². The molecule has 0 aromatic heterocycles. The van der Waals surface area contributed by atoms with Gasteiger partial charge in [0.25, 0.3) is 0 Å². The minimum Gasteiger partial charge on any atom is -0.443 e. The zero-order chi connectivity index (χ0) is 21.3. The smallest absolute Gasteiger partial charge is 0.415 e. The summed E-state index contributed by atoms with van der Waals surface area (Å²) >= 11 is 0. The normalized spacial score (nSPS) is 11.4. The van der Waals surface area contributed by atoms with Crippen LogP contribution in [0.3, 0.4) is 0 Å². The quantitative estimate of drug-likeness (QED) is 0.542. The summed E-state index contributed by atoms with van der Waals surface area (Å²) in [5, 5.41) is 0. The number of hydrogen-bond donors (Lipinski definition) is 0. The number of ether oxygens (including phenoxy) is 1. The van der Waals surface area contributed by atoms with Gasteiger partial charge in [-0.25, -0.2) is 4.79 Å². The van der Waals surface area contributed by atoms with Gasteiger partial charge in [0.1, 0.15) is 5.60 Å². The average molecular weight is 383 g/mol. The van der Waals surface area contributed by atoms with E-state index in [1.807, 2.05) is 104 Å². The predicted octanol–water partition coefficient (Wildman–Crippen LogP) is 6.86. The number of para-hydroxylation sites is 1. The van der Waals surface area contributed by atoms with Crippen molar-refractivity contribution in [3.05, 3.63) is 59.7 Å². The first-order valence-electron chi connectivity index (χ1n) is 9.83. The molecule has 0 aliphatic rings. The van der Waals surface area contributed by atoms with Crippen LogP contribution in [0.2, 0.25) is 0 Å². The first-order chi connectivity index (χ1) is 13.2. The highest BCUT2D eigenvalue weighted by molar-refractivity contribution is 5.98. The number of carbonyl (C=O) groups is 1. The molecule has 0 heterocycles. The number of benzene rings is 2. The van der Waals surface area contributed by atoms with Crippen molar-refractivity contribution in [1.82, 2.24) is 0 Å². The van der Waals surface area contributed by atoms with Crippen LogP contribution in [0.25, 0.3) is 0 Å². The van der Waals surface area contributed by atoms with E-state index in [1.54, 1.807) is 4.90 Å². The van der Waals surface area contributed by atoms with Crippen molar-refractivity contribution in [3.63, 3.8) is 0 Å². The molecule has 2 rings (SSSR count). The molecule has 2 aromatic rings. The Morgan fingerprint density at radius 3 is 2.25 bits per heavy atom. The molecule has 28 heavy (non-hydrogen) atoms. The molecule has 0 saturated carbocycles. The Hall–Kier alpha value is -2.62. The molecular weight excluding hydrogens is 348 g/mol. The fraction of sp³-hybridized carbons (Fsp3) is 0.417. The van der Waals surface area contributed by atoms with Crippen LogP contribution in [-0.4, -0.2) is 24.0 Å². The van der Waals surface area contributed by atoms with Crippen LogP contribution in [-0.2, 0) is 4.74 Å². The number of amides is 1. The molecule has 0 fully saturated rings. The maximum Gasteiger partial charge on any atom is 0.415 e. The van der Waals surface area contributed by atoms with Crippen LogP contribution in [0.5, 0.6) is 0 Å². The van der Waals surface area contributed by atoms with Crippen molar-refractivity contribution < 1.29 is 9.53 Å². The van der Waals surface area contributed by atoms with E-state index in [2.05, 4.69) is 0 Å². The zero-order valence-corrected chi connectivity index (χ0v) is 18.5. The summed E-state index contributed by atoms with van der Waals surface area (Å²) in [6.45, 7) is 15.9. The van der Waals surface area contributed by atoms with Gasteiger partial charge in [-0.15, -0.1) is 0 Å². The van der Waals surface area contributed by atoms with Crippen molar-refractivity contribution >= 4 is 23.2 Å². The zero-order valence-electron chi connectivity index (χ0n) is 18.5. The molecule has 4 nitrogen and oxygen atoms in total. The molecule has 0 bridgehead atoms. The van der Waals surface area contributed by atoms with E-state index in [9.17, 15) is 4.79 Å². The topological polar surface area (TPSA) is 41.9 Å². The molecule has 0 spiro atoms. The van der Waals surface area contributed by atoms with Gasteiger partial charge in [0.05, 0.1) is 12.2 Å². The maximum absolute atomic E-state index is 12.8. The molecule has 0 aliphatic heterocycles. The number of aryl methyl sites for hydroxylation is 2. The number of aliphatic imine (C=N–C) groups is 1. The minimum atomic E-state index is -0.555. The van der Waals surface area contributed by atoms with Gasteiger partial charge in [-0.3, -0.25) is 9.89 Å². The Morgan fingerprint density at radius 1 is 1.04 bits per heavy atom. The van der Waals surface area contributed by atoms with Gasteiger partial charge < -0.3 is 4.74 Å². The largest absolute Gasteiger partial charge is 0.443 e. The van der Waals surface area contributed by atoms with Crippen molar-refractivity contribution in [3.8, 4) is 0 Å². The fourth-order valence-corrected chi connectivity index (χ4v) is 2.53. The van der Waals surface area contributed by atoms with Crippen LogP contribution in [0.1, 0.15) is 52.7 Å². The van der Waals surface area contributed by atoms with Crippen molar-refractivity contribution in [2.45, 2.75) is 61.0 Å². The van der Waals surface area contributed by atoms with E-state index < -0.39 is 5.60 Å². The lowest BCUT2D eigenvalue weighted by Gasteiger charge is -2.27. The van der Waals surface area contributed by atoms with Crippen molar-refractivity contribution in [1.29, 1.82) is 0 Å². The molecule has 0 atom stereocenters. The Morgan fingerprint density at radius 2 is 1.68 bits per heavy atom. The van der Waals surface area contributed by atoms with Gasteiger partial charge in [-0.05, 0) is 70.9 Å². The highest BCUT2D eigenvalue weighted by atomic mass is 16.6. The van der Waals surface area contributed by atoms with Crippen LogP contribution < -0.4 is 4.90 Å². The van der Waals surface area contributed by atoms with Gasteiger partial charge >= 0.3 is 6.09 Å². The van der Waals surface area contributed by atoms with Gasteiger partial charge in [0.15, 0.2) is 0 Å². The van der Waals surface area contributed by atoms with E-state index in [4.69, 9.17) is 9.73 Å². The second-order valence-electron chi connectivity index (χ2n) is 7.54. The first-order valence-corrected chi connectivity index (χ1v) is 9.83. The fourth-order valence-electron chi connectivity index (χ4n) is 2.53. The van der Waals surface area contributed by atoms with Gasteiger partial charge in [0.2, 0.25) is 0 Å². The third kappa shape index (κ3) is 7.55.